The number of nitrogens with one attached hydrogen (secondary N) is 2. The number of rotatable bonds is 3. The van der Waals surface area contributed by atoms with E-state index in [9.17, 15) is 4.79 Å². The van der Waals surface area contributed by atoms with Crippen molar-refractivity contribution >= 4 is 29.0 Å². The summed E-state index contributed by atoms with van der Waals surface area (Å²) in [6.45, 7) is 6.20. The van der Waals surface area contributed by atoms with Crippen molar-refractivity contribution in [3.63, 3.8) is 0 Å². The predicted octanol–water partition coefficient (Wildman–Crippen LogP) is 4.37. The van der Waals surface area contributed by atoms with Crippen molar-refractivity contribution in [2.75, 3.05) is 12.4 Å². The second-order valence-corrected chi connectivity index (χ2v) is 7.74. The predicted molar refractivity (Wildman–Crippen MR) is 110 cm³/mol. The first-order valence-electron chi connectivity index (χ1n) is 8.83. The van der Waals surface area contributed by atoms with Gasteiger partial charge in [-0.25, -0.2) is 4.79 Å². The maximum Gasteiger partial charge on any atom is 0.337 e. The van der Waals surface area contributed by atoms with Gasteiger partial charge >= 0.3 is 5.97 Å². The SMILES string of the molecule is COC(=O)c1cccc(NC(=S)NC2CC(C)(C)Oc3cc(C)ccc32)c1. The van der Waals surface area contributed by atoms with Crippen molar-refractivity contribution in [2.24, 2.45) is 0 Å². The van der Waals surface area contributed by atoms with E-state index in [1.165, 1.54) is 7.11 Å². The molecule has 2 aromatic carbocycles. The summed E-state index contributed by atoms with van der Waals surface area (Å²) in [7, 11) is 1.36. The maximum absolute atomic E-state index is 11.7. The molecule has 0 saturated heterocycles. The molecule has 1 unspecified atom stereocenters. The Morgan fingerprint density at radius 3 is 2.78 bits per heavy atom. The van der Waals surface area contributed by atoms with Crippen molar-refractivity contribution in [2.45, 2.75) is 38.8 Å². The third kappa shape index (κ3) is 4.57. The number of esters is 1. The molecule has 0 bridgehead atoms. The third-order valence-corrected chi connectivity index (χ3v) is 4.69. The normalized spacial score (nSPS) is 17.3. The molecule has 0 spiro atoms. The molecule has 3 rings (SSSR count). The van der Waals surface area contributed by atoms with E-state index in [2.05, 4.69) is 42.7 Å². The van der Waals surface area contributed by atoms with Crippen molar-refractivity contribution in [1.82, 2.24) is 5.32 Å². The van der Waals surface area contributed by atoms with Gasteiger partial charge in [-0.05, 0) is 62.8 Å². The third-order valence-electron chi connectivity index (χ3n) is 4.47. The Labute approximate surface area is 165 Å². The Kier molecular flexibility index (Phi) is 5.37. The lowest BCUT2D eigenvalue weighted by Gasteiger charge is -2.38. The number of methoxy groups -OCH3 is 1. The van der Waals surface area contributed by atoms with Gasteiger partial charge in [0, 0.05) is 17.7 Å². The highest BCUT2D eigenvalue weighted by Crippen LogP contribution is 2.39. The van der Waals surface area contributed by atoms with Crippen LogP contribution in [0.4, 0.5) is 5.69 Å². The topological polar surface area (TPSA) is 59.6 Å². The lowest BCUT2D eigenvalue weighted by Crippen LogP contribution is -2.42. The Balaban J connectivity index is 1.75. The number of carbonyl (C=O) groups excluding carboxylic acids is 1. The summed E-state index contributed by atoms with van der Waals surface area (Å²) >= 11 is 5.50. The molecular weight excluding hydrogens is 360 g/mol. The fourth-order valence-electron chi connectivity index (χ4n) is 3.25. The van der Waals surface area contributed by atoms with Crippen LogP contribution in [0.15, 0.2) is 42.5 Å². The van der Waals surface area contributed by atoms with Crippen molar-refractivity contribution in [1.29, 1.82) is 0 Å². The Hall–Kier alpha value is -2.60. The summed E-state index contributed by atoms with van der Waals surface area (Å²) in [4.78, 5) is 11.7. The standard InChI is InChI=1S/C21H24N2O3S/c1-13-8-9-16-17(12-21(2,3)26-18(16)10-13)23-20(27)22-15-7-5-6-14(11-15)19(24)25-4/h5-11,17H,12H2,1-4H3,(H2,22,23,27). The van der Waals surface area contributed by atoms with Crippen LogP contribution in [0.5, 0.6) is 5.75 Å². The van der Waals surface area contributed by atoms with Gasteiger partial charge in [-0.15, -0.1) is 0 Å². The molecule has 1 heterocycles. The number of thiocarbonyl (C=S) groups is 1. The number of benzene rings is 2. The molecule has 0 saturated carbocycles. The van der Waals surface area contributed by atoms with Crippen LogP contribution in [0, 0.1) is 6.92 Å². The summed E-state index contributed by atoms with van der Waals surface area (Å²) in [5.41, 5.74) is 3.15. The average molecular weight is 385 g/mol. The van der Waals surface area contributed by atoms with E-state index >= 15 is 0 Å². The van der Waals surface area contributed by atoms with E-state index in [0.717, 1.165) is 29.0 Å². The van der Waals surface area contributed by atoms with Crippen molar-refractivity contribution < 1.29 is 14.3 Å². The number of carbonyl (C=O) groups is 1. The van der Waals surface area contributed by atoms with Gasteiger partial charge in [0.25, 0.3) is 0 Å². The summed E-state index contributed by atoms with van der Waals surface area (Å²) in [5, 5.41) is 7.03. The highest BCUT2D eigenvalue weighted by atomic mass is 32.1. The zero-order valence-electron chi connectivity index (χ0n) is 16.0. The molecule has 5 nitrogen and oxygen atoms in total. The smallest absolute Gasteiger partial charge is 0.337 e. The molecule has 27 heavy (non-hydrogen) atoms. The number of anilines is 1. The van der Waals surface area contributed by atoms with Crippen LogP contribution in [0.25, 0.3) is 0 Å². The van der Waals surface area contributed by atoms with E-state index < -0.39 is 0 Å². The summed E-state index contributed by atoms with van der Waals surface area (Å²) in [6.07, 6.45) is 0.785. The molecule has 2 aromatic rings. The average Bonchev–Trinajstić information content (AvgIpc) is 2.59. The van der Waals surface area contributed by atoms with Gasteiger partial charge in [-0.2, -0.15) is 0 Å². The van der Waals surface area contributed by atoms with Gasteiger partial charge in [0.15, 0.2) is 5.11 Å². The van der Waals surface area contributed by atoms with E-state index in [1.807, 2.05) is 13.0 Å². The largest absolute Gasteiger partial charge is 0.487 e. The van der Waals surface area contributed by atoms with Crippen LogP contribution in [-0.2, 0) is 4.74 Å². The molecule has 0 aromatic heterocycles. The van der Waals surface area contributed by atoms with Gasteiger partial charge in [-0.3, -0.25) is 0 Å². The molecule has 1 aliphatic rings. The van der Waals surface area contributed by atoms with Crippen LogP contribution in [0.3, 0.4) is 0 Å². The minimum atomic E-state index is -0.381. The molecule has 0 radical (unpaired) electrons. The van der Waals surface area contributed by atoms with Gasteiger partial charge < -0.3 is 20.1 Å². The second-order valence-electron chi connectivity index (χ2n) is 7.33. The number of ether oxygens (including phenoxy) is 2. The first-order valence-corrected chi connectivity index (χ1v) is 9.24. The van der Waals surface area contributed by atoms with Crippen LogP contribution in [0.1, 0.15) is 47.8 Å². The minimum absolute atomic E-state index is 0.0353. The van der Waals surface area contributed by atoms with Crippen molar-refractivity contribution in [3.05, 3.63) is 59.2 Å². The zero-order chi connectivity index (χ0) is 19.6. The molecule has 142 valence electrons. The second kappa shape index (κ2) is 7.56. The van der Waals surface area contributed by atoms with Crippen LogP contribution in [0.2, 0.25) is 0 Å². The molecule has 0 amide bonds. The summed E-state index contributed by atoms with van der Waals surface area (Å²) < 4.78 is 10.9. The van der Waals surface area contributed by atoms with Gasteiger partial charge in [0.05, 0.1) is 18.7 Å². The van der Waals surface area contributed by atoms with Gasteiger partial charge in [-0.1, -0.05) is 18.2 Å². The summed E-state index contributed by atoms with van der Waals surface area (Å²) in [5.74, 6) is 0.507. The lowest BCUT2D eigenvalue weighted by molar-refractivity contribution is 0.0600. The molecule has 2 N–H and O–H groups in total. The van der Waals surface area contributed by atoms with E-state index in [0.29, 0.717) is 10.7 Å². The molecular formula is C21H24N2O3S. The van der Waals surface area contributed by atoms with Crippen molar-refractivity contribution in [3.8, 4) is 5.75 Å². The van der Waals surface area contributed by atoms with E-state index in [-0.39, 0.29) is 17.6 Å². The number of hydrogen-bond acceptors (Lipinski definition) is 4. The Morgan fingerprint density at radius 2 is 2.04 bits per heavy atom. The lowest BCUT2D eigenvalue weighted by atomic mass is 9.89. The number of fused-ring (bicyclic) bond motifs is 1. The minimum Gasteiger partial charge on any atom is -0.487 e. The number of hydrogen-bond donors (Lipinski definition) is 2. The first-order chi connectivity index (χ1) is 12.8. The van der Waals surface area contributed by atoms with Gasteiger partial charge in [0.1, 0.15) is 11.4 Å². The van der Waals surface area contributed by atoms with Crippen LogP contribution >= 0.6 is 12.2 Å². The quantitative estimate of drug-likeness (QED) is 0.605. The molecule has 0 aliphatic carbocycles. The monoisotopic (exact) mass is 384 g/mol. The zero-order valence-corrected chi connectivity index (χ0v) is 16.8. The maximum atomic E-state index is 11.7. The Bertz CT molecular complexity index is 879. The first kappa shape index (κ1) is 19.2. The fraction of sp³-hybridized carbons (Fsp3) is 0.333. The van der Waals surface area contributed by atoms with E-state index in [1.54, 1.807) is 18.2 Å². The molecule has 1 atom stereocenters. The van der Waals surface area contributed by atoms with E-state index in [4.69, 9.17) is 21.7 Å². The fourth-order valence-corrected chi connectivity index (χ4v) is 3.51. The highest BCUT2D eigenvalue weighted by molar-refractivity contribution is 7.80. The van der Waals surface area contributed by atoms with Crippen LogP contribution in [-0.4, -0.2) is 23.8 Å². The molecule has 0 fully saturated rings. The molecule has 6 heteroatoms. The Morgan fingerprint density at radius 1 is 1.26 bits per heavy atom. The molecule has 1 aliphatic heterocycles. The van der Waals surface area contributed by atoms with Gasteiger partial charge in [0.2, 0.25) is 0 Å². The number of aryl methyl sites for hydroxylation is 1. The summed E-state index contributed by atoms with van der Waals surface area (Å²) in [6, 6.07) is 13.3. The van der Waals surface area contributed by atoms with Crippen LogP contribution < -0.4 is 15.4 Å². The highest BCUT2D eigenvalue weighted by Gasteiger charge is 2.34.